The number of furan rings is 1. The molecule has 0 bridgehead atoms. The van der Waals surface area contributed by atoms with Crippen LogP contribution in [0.3, 0.4) is 0 Å². The lowest BCUT2D eigenvalue weighted by molar-refractivity contribution is -0.116. The largest absolute Gasteiger partial charge is 0.467 e. The van der Waals surface area contributed by atoms with Crippen molar-refractivity contribution >= 4 is 44.4 Å². The number of fused-ring (bicyclic) bond motifs is 1. The Morgan fingerprint density at radius 2 is 1.97 bits per heavy atom. The second-order valence-corrected chi connectivity index (χ2v) is 8.71. The van der Waals surface area contributed by atoms with E-state index in [1.807, 2.05) is 19.1 Å². The summed E-state index contributed by atoms with van der Waals surface area (Å²) < 4.78 is 19.6. The first-order valence-corrected chi connectivity index (χ1v) is 10.9. The molecule has 0 spiro atoms. The number of halogens is 1. The van der Waals surface area contributed by atoms with Gasteiger partial charge >= 0.3 is 0 Å². The Balaban J connectivity index is 1.61. The third-order valence-electron chi connectivity index (χ3n) is 4.68. The van der Waals surface area contributed by atoms with Gasteiger partial charge in [-0.05, 0) is 67.4 Å². The van der Waals surface area contributed by atoms with Crippen LogP contribution in [0.2, 0.25) is 0 Å². The van der Waals surface area contributed by atoms with Crippen molar-refractivity contribution in [2.45, 2.75) is 25.3 Å². The average molecular weight is 427 g/mol. The molecule has 0 aliphatic rings. The zero-order valence-electron chi connectivity index (χ0n) is 16.0. The molecule has 4 rings (SSSR count). The molecule has 2 heterocycles. The number of amides is 1. The number of anilines is 1. The van der Waals surface area contributed by atoms with Crippen molar-refractivity contribution in [3.05, 3.63) is 77.5 Å². The van der Waals surface area contributed by atoms with E-state index < -0.39 is 0 Å². The van der Waals surface area contributed by atoms with Crippen molar-refractivity contribution in [2.24, 2.45) is 0 Å². The van der Waals surface area contributed by atoms with Crippen LogP contribution < -0.4 is 4.90 Å². The van der Waals surface area contributed by atoms with Gasteiger partial charge in [-0.15, -0.1) is 11.8 Å². The molecule has 4 nitrogen and oxygen atoms in total. The van der Waals surface area contributed by atoms with Gasteiger partial charge in [-0.1, -0.05) is 17.4 Å². The van der Waals surface area contributed by atoms with Crippen molar-refractivity contribution < 1.29 is 13.6 Å². The van der Waals surface area contributed by atoms with E-state index >= 15 is 0 Å². The van der Waals surface area contributed by atoms with Crippen molar-refractivity contribution in [3.63, 3.8) is 0 Å². The Bertz CT molecular complexity index is 1140. The highest BCUT2D eigenvalue weighted by atomic mass is 32.2. The molecular formula is C22H19FN2O2S2. The molecule has 0 saturated heterocycles. The lowest BCUT2D eigenvalue weighted by atomic mass is 10.1. The van der Waals surface area contributed by atoms with E-state index in [-0.39, 0.29) is 17.5 Å². The van der Waals surface area contributed by atoms with Crippen molar-refractivity contribution in [1.82, 2.24) is 4.98 Å². The standard InChI is InChI=1S/C22H19FN2O2S2/c1-14-5-10-19-21(15(14)2)24-22(29-19)25(12-17-4-3-11-27-17)20(26)13-28-18-8-6-16(23)7-9-18/h3-11H,12-13H2,1-2H3. The molecule has 0 aliphatic heterocycles. The molecule has 0 saturated carbocycles. The predicted octanol–water partition coefficient (Wildman–Crippen LogP) is 5.97. The van der Waals surface area contributed by atoms with Crippen LogP contribution in [0.15, 0.2) is 64.1 Å². The number of carbonyl (C=O) groups is 1. The number of hydrogen-bond donors (Lipinski definition) is 0. The molecule has 0 fully saturated rings. The van der Waals surface area contributed by atoms with Crippen molar-refractivity contribution in [1.29, 1.82) is 0 Å². The number of rotatable bonds is 6. The van der Waals surface area contributed by atoms with Gasteiger partial charge in [0.1, 0.15) is 11.6 Å². The van der Waals surface area contributed by atoms with E-state index in [1.54, 1.807) is 29.4 Å². The first-order chi connectivity index (χ1) is 14.0. The maximum absolute atomic E-state index is 13.1. The van der Waals surface area contributed by atoms with Crippen LogP contribution in [0.1, 0.15) is 16.9 Å². The summed E-state index contributed by atoms with van der Waals surface area (Å²) in [5.74, 6) is 0.544. The number of aryl methyl sites for hydroxylation is 2. The molecule has 1 amide bonds. The predicted molar refractivity (Wildman–Crippen MR) is 116 cm³/mol. The van der Waals surface area contributed by atoms with Gasteiger partial charge in [-0.3, -0.25) is 9.69 Å². The van der Waals surface area contributed by atoms with E-state index in [2.05, 4.69) is 13.0 Å². The second kappa shape index (κ2) is 8.39. The lowest BCUT2D eigenvalue weighted by Crippen LogP contribution is -2.31. The Kier molecular flexibility index (Phi) is 5.69. The fourth-order valence-electron chi connectivity index (χ4n) is 2.90. The lowest BCUT2D eigenvalue weighted by Gasteiger charge is -2.18. The highest BCUT2D eigenvalue weighted by Crippen LogP contribution is 2.33. The summed E-state index contributed by atoms with van der Waals surface area (Å²) >= 11 is 2.87. The molecule has 7 heteroatoms. The smallest absolute Gasteiger partial charge is 0.239 e. The quantitative estimate of drug-likeness (QED) is 0.356. The van der Waals surface area contributed by atoms with E-state index in [0.717, 1.165) is 20.7 Å². The molecule has 0 radical (unpaired) electrons. The number of thioether (sulfide) groups is 1. The zero-order chi connectivity index (χ0) is 20.4. The van der Waals surface area contributed by atoms with Crippen LogP contribution in [0.25, 0.3) is 10.2 Å². The first kappa shape index (κ1) is 19.7. The van der Waals surface area contributed by atoms with Gasteiger partial charge in [0.25, 0.3) is 0 Å². The summed E-state index contributed by atoms with van der Waals surface area (Å²) in [7, 11) is 0. The summed E-state index contributed by atoms with van der Waals surface area (Å²) in [6.45, 7) is 4.41. The highest BCUT2D eigenvalue weighted by Gasteiger charge is 2.22. The number of benzene rings is 2. The van der Waals surface area contributed by atoms with Crippen LogP contribution in [-0.4, -0.2) is 16.6 Å². The van der Waals surface area contributed by atoms with E-state index in [4.69, 9.17) is 9.40 Å². The van der Waals surface area contributed by atoms with E-state index in [0.29, 0.717) is 17.4 Å². The average Bonchev–Trinajstić information content (AvgIpc) is 3.38. The van der Waals surface area contributed by atoms with Gasteiger partial charge in [0.15, 0.2) is 5.13 Å². The SMILES string of the molecule is Cc1ccc2sc(N(Cc3ccco3)C(=O)CSc3ccc(F)cc3)nc2c1C. The molecule has 0 aliphatic carbocycles. The van der Waals surface area contributed by atoms with Crippen LogP contribution in [-0.2, 0) is 11.3 Å². The van der Waals surface area contributed by atoms with Gasteiger partial charge in [-0.25, -0.2) is 9.37 Å². The Labute approximate surface area is 176 Å². The minimum Gasteiger partial charge on any atom is -0.467 e. The summed E-state index contributed by atoms with van der Waals surface area (Å²) in [4.78, 5) is 20.4. The van der Waals surface area contributed by atoms with E-state index in [1.165, 1.54) is 40.8 Å². The third kappa shape index (κ3) is 4.36. The monoisotopic (exact) mass is 426 g/mol. The first-order valence-electron chi connectivity index (χ1n) is 9.09. The fraction of sp³-hybridized carbons (Fsp3) is 0.182. The van der Waals surface area contributed by atoms with Gasteiger partial charge in [0, 0.05) is 4.90 Å². The van der Waals surface area contributed by atoms with Crippen LogP contribution in [0.4, 0.5) is 9.52 Å². The molecule has 148 valence electrons. The molecule has 4 aromatic rings. The molecule has 0 unspecified atom stereocenters. The molecule has 0 N–H and O–H groups in total. The minimum atomic E-state index is -0.291. The van der Waals surface area contributed by atoms with Crippen molar-refractivity contribution in [2.75, 3.05) is 10.7 Å². The summed E-state index contributed by atoms with van der Waals surface area (Å²) in [5, 5.41) is 0.648. The van der Waals surface area contributed by atoms with Crippen LogP contribution >= 0.6 is 23.1 Å². The summed E-state index contributed by atoms with van der Waals surface area (Å²) in [6, 6.07) is 13.9. The maximum Gasteiger partial charge on any atom is 0.239 e. The molecule has 2 aromatic carbocycles. The third-order valence-corrected chi connectivity index (χ3v) is 6.72. The summed E-state index contributed by atoms with van der Waals surface area (Å²) in [5.41, 5.74) is 3.22. The highest BCUT2D eigenvalue weighted by molar-refractivity contribution is 8.00. The second-order valence-electron chi connectivity index (χ2n) is 6.65. The number of aromatic nitrogens is 1. The minimum absolute atomic E-state index is 0.0795. The zero-order valence-corrected chi connectivity index (χ0v) is 17.6. The number of hydrogen-bond acceptors (Lipinski definition) is 5. The number of nitrogens with zero attached hydrogens (tertiary/aromatic N) is 2. The Morgan fingerprint density at radius 1 is 1.17 bits per heavy atom. The van der Waals surface area contributed by atoms with Crippen LogP contribution in [0, 0.1) is 19.7 Å². The summed E-state index contributed by atoms with van der Waals surface area (Å²) in [6.07, 6.45) is 1.59. The van der Waals surface area contributed by atoms with E-state index in [9.17, 15) is 9.18 Å². The van der Waals surface area contributed by atoms with Crippen LogP contribution in [0.5, 0.6) is 0 Å². The molecule has 0 atom stereocenters. The molecular weight excluding hydrogens is 407 g/mol. The Hall–Kier alpha value is -2.64. The van der Waals surface area contributed by atoms with Gasteiger partial charge in [-0.2, -0.15) is 0 Å². The Morgan fingerprint density at radius 3 is 2.69 bits per heavy atom. The number of carbonyl (C=O) groups excluding carboxylic acids is 1. The van der Waals surface area contributed by atoms with Crippen molar-refractivity contribution in [3.8, 4) is 0 Å². The maximum atomic E-state index is 13.1. The normalized spacial score (nSPS) is 11.1. The van der Waals surface area contributed by atoms with Gasteiger partial charge in [0.2, 0.25) is 5.91 Å². The van der Waals surface area contributed by atoms with Gasteiger partial charge < -0.3 is 4.42 Å². The number of thiazole rings is 1. The fourth-order valence-corrected chi connectivity index (χ4v) is 4.72. The topological polar surface area (TPSA) is 46.3 Å². The molecule has 2 aromatic heterocycles. The molecule has 29 heavy (non-hydrogen) atoms. The van der Waals surface area contributed by atoms with Gasteiger partial charge in [0.05, 0.1) is 28.8 Å².